The molecule has 0 spiro atoms. The lowest BCUT2D eigenvalue weighted by Gasteiger charge is -2.13. The van der Waals surface area contributed by atoms with Gasteiger partial charge in [0.05, 0.1) is 17.0 Å². The van der Waals surface area contributed by atoms with Crippen molar-refractivity contribution in [2.24, 2.45) is 0 Å². The Morgan fingerprint density at radius 3 is 2.68 bits per heavy atom. The van der Waals surface area contributed by atoms with Gasteiger partial charge in [0.1, 0.15) is 22.9 Å². The molecule has 3 aromatic rings. The fourth-order valence-corrected chi connectivity index (χ4v) is 3.45. The fourth-order valence-electron chi connectivity index (χ4n) is 2.67. The van der Waals surface area contributed by atoms with Crippen molar-refractivity contribution in [3.63, 3.8) is 0 Å². The van der Waals surface area contributed by atoms with Crippen molar-refractivity contribution >= 4 is 28.6 Å². The van der Waals surface area contributed by atoms with E-state index in [9.17, 15) is 28.1 Å². The van der Waals surface area contributed by atoms with Crippen molar-refractivity contribution in [1.29, 1.82) is 0 Å². The molecular formula is C20H16F3N3O4S. The number of nitro groups is 1. The van der Waals surface area contributed by atoms with Gasteiger partial charge in [-0.05, 0) is 24.6 Å². The van der Waals surface area contributed by atoms with Crippen LogP contribution in [-0.4, -0.2) is 15.8 Å². The first-order valence-electron chi connectivity index (χ1n) is 8.90. The quantitative estimate of drug-likeness (QED) is 0.397. The molecule has 0 aliphatic carbocycles. The minimum Gasteiger partial charge on any atom is -0.487 e. The number of halogens is 3. The van der Waals surface area contributed by atoms with Gasteiger partial charge in [0.25, 0.3) is 5.69 Å². The van der Waals surface area contributed by atoms with Crippen LogP contribution in [0.15, 0.2) is 47.8 Å². The molecule has 3 rings (SSSR count). The molecular weight excluding hydrogens is 435 g/mol. The van der Waals surface area contributed by atoms with E-state index in [-0.39, 0.29) is 18.9 Å². The highest BCUT2D eigenvalue weighted by Crippen LogP contribution is 2.38. The molecule has 0 saturated carbocycles. The third-order valence-electron chi connectivity index (χ3n) is 4.19. The Kier molecular flexibility index (Phi) is 6.54. The molecule has 11 heteroatoms. The first-order chi connectivity index (χ1) is 14.6. The maximum Gasteiger partial charge on any atom is 0.420 e. The second kappa shape index (κ2) is 9.13. The fraction of sp³-hybridized carbons (Fsp3) is 0.200. The number of ether oxygens (including phenoxy) is 1. The summed E-state index contributed by atoms with van der Waals surface area (Å²) >= 11 is 1.18. The Morgan fingerprint density at radius 1 is 1.26 bits per heavy atom. The number of thiazole rings is 1. The summed E-state index contributed by atoms with van der Waals surface area (Å²) in [6.07, 6.45) is -4.81. The predicted molar refractivity (Wildman–Crippen MR) is 108 cm³/mol. The number of carbonyl (C=O) groups is 1. The van der Waals surface area contributed by atoms with Crippen molar-refractivity contribution < 1.29 is 27.6 Å². The Labute approximate surface area is 178 Å². The van der Waals surface area contributed by atoms with Gasteiger partial charge < -0.3 is 10.1 Å². The standard InChI is InChI=1S/C20H16F3N3O4S/c1-12-4-2-3-5-16(12)25-18(27)9-19-24-13(11-31-19)10-30-17-7-6-14(26(28)29)8-15(17)20(21,22)23/h2-8,11H,9-10H2,1H3,(H,25,27). The predicted octanol–water partition coefficient (Wildman–Crippen LogP) is 5.14. The number of para-hydroxylation sites is 1. The van der Waals surface area contributed by atoms with Gasteiger partial charge in [0.2, 0.25) is 5.91 Å². The van der Waals surface area contributed by atoms with Crippen LogP contribution in [0.5, 0.6) is 5.75 Å². The third kappa shape index (κ3) is 5.79. The summed E-state index contributed by atoms with van der Waals surface area (Å²) < 4.78 is 44.9. The summed E-state index contributed by atoms with van der Waals surface area (Å²) in [4.78, 5) is 26.3. The molecule has 1 heterocycles. The SMILES string of the molecule is Cc1ccccc1NC(=O)Cc1nc(COc2ccc([N+](=O)[O-])cc2C(F)(F)F)cs1. The van der Waals surface area contributed by atoms with Crippen molar-refractivity contribution in [1.82, 2.24) is 4.98 Å². The number of nitrogens with zero attached hydrogens (tertiary/aromatic N) is 2. The summed E-state index contributed by atoms with van der Waals surface area (Å²) in [6.45, 7) is 1.58. The summed E-state index contributed by atoms with van der Waals surface area (Å²) in [5, 5.41) is 15.6. The van der Waals surface area contributed by atoms with Crippen LogP contribution in [-0.2, 0) is 24.0 Å². The van der Waals surface area contributed by atoms with E-state index in [1.54, 1.807) is 17.5 Å². The molecule has 2 aromatic carbocycles. The van der Waals surface area contributed by atoms with Crippen LogP contribution in [0.1, 0.15) is 21.8 Å². The van der Waals surface area contributed by atoms with Crippen molar-refractivity contribution in [2.45, 2.75) is 26.1 Å². The topological polar surface area (TPSA) is 94.4 Å². The number of benzene rings is 2. The maximum atomic E-state index is 13.2. The Morgan fingerprint density at radius 2 is 2.00 bits per heavy atom. The minimum absolute atomic E-state index is 0.00430. The number of alkyl halides is 3. The first-order valence-corrected chi connectivity index (χ1v) is 9.78. The number of non-ortho nitro benzene ring substituents is 1. The molecule has 1 amide bonds. The second-order valence-electron chi connectivity index (χ2n) is 6.50. The highest BCUT2D eigenvalue weighted by Gasteiger charge is 2.36. The zero-order valence-corrected chi connectivity index (χ0v) is 16.9. The van der Waals surface area contributed by atoms with Crippen molar-refractivity contribution in [3.05, 3.63) is 79.8 Å². The Hall–Kier alpha value is -3.47. The van der Waals surface area contributed by atoms with E-state index < -0.39 is 28.1 Å². The summed E-state index contributed by atoms with van der Waals surface area (Å²) in [6, 6.07) is 9.56. The Balaban J connectivity index is 1.65. The van der Waals surface area contributed by atoms with Crippen LogP contribution < -0.4 is 10.1 Å². The van der Waals surface area contributed by atoms with E-state index in [4.69, 9.17) is 4.74 Å². The number of carbonyl (C=O) groups excluding carboxylic acids is 1. The third-order valence-corrected chi connectivity index (χ3v) is 5.08. The van der Waals surface area contributed by atoms with Gasteiger partial charge in [-0.1, -0.05) is 18.2 Å². The molecule has 7 nitrogen and oxygen atoms in total. The van der Waals surface area contributed by atoms with Gasteiger partial charge in [-0.3, -0.25) is 14.9 Å². The average Bonchev–Trinajstić information content (AvgIpc) is 3.14. The molecule has 0 atom stereocenters. The van der Waals surface area contributed by atoms with E-state index in [0.29, 0.717) is 22.5 Å². The molecule has 0 radical (unpaired) electrons. The molecule has 0 unspecified atom stereocenters. The molecule has 0 aliphatic heterocycles. The van der Waals surface area contributed by atoms with E-state index in [1.165, 1.54) is 11.3 Å². The number of amides is 1. The van der Waals surface area contributed by atoms with Crippen LogP contribution in [0.3, 0.4) is 0 Å². The summed E-state index contributed by atoms with van der Waals surface area (Å²) in [7, 11) is 0. The number of anilines is 1. The van der Waals surface area contributed by atoms with Gasteiger partial charge in [0, 0.05) is 23.2 Å². The van der Waals surface area contributed by atoms with E-state index in [1.807, 2.05) is 19.1 Å². The molecule has 162 valence electrons. The van der Waals surface area contributed by atoms with Gasteiger partial charge >= 0.3 is 6.18 Å². The van der Waals surface area contributed by atoms with Gasteiger partial charge in [0.15, 0.2) is 0 Å². The maximum absolute atomic E-state index is 13.2. The summed E-state index contributed by atoms with van der Waals surface area (Å²) in [5.74, 6) is -0.809. The molecule has 1 N–H and O–H groups in total. The lowest BCUT2D eigenvalue weighted by Crippen LogP contribution is -2.15. The molecule has 1 aromatic heterocycles. The lowest BCUT2D eigenvalue weighted by atomic mass is 10.1. The van der Waals surface area contributed by atoms with E-state index in [2.05, 4.69) is 10.3 Å². The van der Waals surface area contributed by atoms with Gasteiger partial charge in [-0.15, -0.1) is 11.3 Å². The number of nitrogens with one attached hydrogen (secondary N) is 1. The molecule has 0 fully saturated rings. The minimum atomic E-state index is -4.82. The van der Waals surface area contributed by atoms with Crippen LogP contribution in [0.25, 0.3) is 0 Å². The highest BCUT2D eigenvalue weighted by molar-refractivity contribution is 7.09. The number of hydrogen-bond donors (Lipinski definition) is 1. The van der Waals surface area contributed by atoms with Gasteiger partial charge in [-0.25, -0.2) is 4.98 Å². The van der Waals surface area contributed by atoms with Crippen molar-refractivity contribution in [2.75, 3.05) is 5.32 Å². The molecule has 0 saturated heterocycles. The zero-order valence-electron chi connectivity index (χ0n) is 16.1. The van der Waals surface area contributed by atoms with Crippen LogP contribution in [0, 0.1) is 17.0 Å². The van der Waals surface area contributed by atoms with E-state index in [0.717, 1.165) is 17.7 Å². The summed E-state index contributed by atoms with van der Waals surface area (Å²) in [5.41, 5.74) is 0.0123. The Bertz CT molecular complexity index is 1120. The van der Waals surface area contributed by atoms with Gasteiger partial charge in [-0.2, -0.15) is 13.2 Å². The normalized spacial score (nSPS) is 11.2. The smallest absolute Gasteiger partial charge is 0.420 e. The monoisotopic (exact) mass is 451 g/mol. The number of aromatic nitrogens is 1. The number of rotatable bonds is 7. The lowest BCUT2D eigenvalue weighted by molar-refractivity contribution is -0.385. The number of hydrogen-bond acceptors (Lipinski definition) is 6. The van der Waals surface area contributed by atoms with Crippen molar-refractivity contribution in [3.8, 4) is 5.75 Å². The van der Waals surface area contributed by atoms with Crippen LogP contribution in [0.2, 0.25) is 0 Å². The molecule has 31 heavy (non-hydrogen) atoms. The number of aryl methyl sites for hydroxylation is 1. The number of nitro benzene ring substituents is 1. The molecule has 0 aliphatic rings. The van der Waals surface area contributed by atoms with E-state index >= 15 is 0 Å². The first kappa shape index (κ1) is 22.2. The van der Waals surface area contributed by atoms with Crippen LogP contribution in [0.4, 0.5) is 24.5 Å². The average molecular weight is 451 g/mol. The second-order valence-corrected chi connectivity index (χ2v) is 7.44. The van der Waals surface area contributed by atoms with Crippen LogP contribution >= 0.6 is 11.3 Å². The molecule has 0 bridgehead atoms. The highest BCUT2D eigenvalue weighted by atomic mass is 32.1. The zero-order chi connectivity index (χ0) is 22.6. The largest absolute Gasteiger partial charge is 0.487 e.